The van der Waals surface area contributed by atoms with Crippen molar-refractivity contribution < 1.29 is 19.8 Å². The summed E-state index contributed by atoms with van der Waals surface area (Å²) in [7, 11) is 0. The number of rotatable bonds is 5. The van der Waals surface area contributed by atoms with E-state index in [2.05, 4.69) is 41.5 Å². The number of carboxylic acids is 1. The lowest BCUT2D eigenvalue weighted by molar-refractivity contribution is -0.139. The molecule has 2 fully saturated rings. The van der Waals surface area contributed by atoms with Gasteiger partial charge >= 0.3 is 5.97 Å². The summed E-state index contributed by atoms with van der Waals surface area (Å²) in [6.45, 7) is 15.6. The van der Waals surface area contributed by atoms with Gasteiger partial charge in [-0.3, -0.25) is 4.79 Å². The Hall–Kier alpha value is -1.42. The van der Waals surface area contributed by atoms with Gasteiger partial charge in [0.2, 0.25) is 0 Å². The summed E-state index contributed by atoms with van der Waals surface area (Å²) in [5, 5.41) is 20.2. The third kappa shape index (κ3) is 3.49. The van der Waals surface area contributed by atoms with Crippen LogP contribution in [-0.2, 0) is 9.59 Å². The number of aliphatic hydroxyl groups excluding tert-OH is 1. The largest absolute Gasteiger partial charge is 0.478 e. The molecule has 2 N–H and O–H groups in total. The fourth-order valence-corrected chi connectivity index (χ4v) is 9.24. The molecule has 0 heterocycles. The van der Waals surface area contributed by atoms with E-state index in [1.54, 1.807) is 24.1 Å². The van der Waals surface area contributed by atoms with Crippen LogP contribution in [0, 0.1) is 39.4 Å². The molecule has 0 unspecified atom stereocenters. The van der Waals surface area contributed by atoms with Gasteiger partial charge in [0, 0.05) is 17.4 Å². The van der Waals surface area contributed by atoms with Crippen molar-refractivity contribution in [2.24, 2.45) is 39.4 Å². The van der Waals surface area contributed by atoms with Crippen molar-refractivity contribution in [3.63, 3.8) is 0 Å². The zero-order valence-electron chi connectivity index (χ0n) is 22.5. The van der Waals surface area contributed by atoms with E-state index in [4.69, 9.17) is 5.11 Å². The minimum Gasteiger partial charge on any atom is -0.478 e. The summed E-state index contributed by atoms with van der Waals surface area (Å²) in [4.78, 5) is 24.0. The molecule has 0 aromatic carbocycles. The lowest BCUT2D eigenvalue weighted by Crippen LogP contribution is -2.54. The Labute approximate surface area is 206 Å². The predicted molar refractivity (Wildman–Crippen MR) is 135 cm³/mol. The molecule has 0 aliphatic heterocycles. The summed E-state index contributed by atoms with van der Waals surface area (Å²) < 4.78 is 0. The molecule has 4 aliphatic rings. The maximum Gasteiger partial charge on any atom is 0.330 e. The quantitative estimate of drug-likeness (QED) is 0.345. The minimum atomic E-state index is -0.913. The van der Waals surface area contributed by atoms with Crippen LogP contribution in [0.5, 0.6) is 0 Å². The number of Topliss-reactive ketones (excluding diaryl/α,β-unsaturated/α-hetero) is 1. The van der Waals surface area contributed by atoms with Crippen molar-refractivity contribution in [3.05, 3.63) is 22.8 Å². The second-order valence-electron chi connectivity index (χ2n) is 13.4. The molecule has 4 aliphatic carbocycles. The van der Waals surface area contributed by atoms with Crippen molar-refractivity contribution in [2.45, 2.75) is 112 Å². The van der Waals surface area contributed by atoms with Crippen molar-refractivity contribution >= 4 is 11.8 Å². The highest BCUT2D eigenvalue weighted by Crippen LogP contribution is 2.72. The van der Waals surface area contributed by atoms with Crippen molar-refractivity contribution in [3.8, 4) is 0 Å². The van der Waals surface area contributed by atoms with Crippen LogP contribution in [0.2, 0.25) is 0 Å². The summed E-state index contributed by atoms with van der Waals surface area (Å²) in [5.41, 5.74) is 3.87. The Morgan fingerprint density at radius 2 is 1.71 bits per heavy atom. The van der Waals surface area contributed by atoms with E-state index in [-0.39, 0.29) is 27.6 Å². The van der Waals surface area contributed by atoms with Crippen LogP contribution in [0.25, 0.3) is 0 Å². The van der Waals surface area contributed by atoms with Gasteiger partial charge in [0.25, 0.3) is 0 Å². The van der Waals surface area contributed by atoms with E-state index in [0.717, 1.165) is 44.9 Å². The Balaban J connectivity index is 1.63. The van der Waals surface area contributed by atoms with Gasteiger partial charge < -0.3 is 10.2 Å². The maximum atomic E-state index is 12.8. The second kappa shape index (κ2) is 8.32. The number of carbonyl (C=O) groups excluding carboxylic acids is 1. The second-order valence-corrected chi connectivity index (χ2v) is 13.4. The molecule has 0 aromatic heterocycles. The number of carbonyl (C=O) groups is 2. The van der Waals surface area contributed by atoms with Crippen LogP contribution in [0.4, 0.5) is 0 Å². The highest BCUT2D eigenvalue weighted by atomic mass is 16.4. The average Bonchev–Trinajstić information content (AvgIpc) is 3.05. The molecule has 0 aromatic rings. The molecule has 0 amide bonds. The SMILES string of the molecule is CC(=CC[C@@H](O)[C@@H](C)[C@H]1CC[C@@]2(C)C3=C(CC[C@]12C)[C@@]1(C)CCC(=O)C(C)(C)[C@H]1CC3)C(=O)O. The molecule has 0 bridgehead atoms. The summed E-state index contributed by atoms with van der Waals surface area (Å²) in [6.07, 6.45) is 10.0. The highest BCUT2D eigenvalue weighted by molar-refractivity contribution is 5.86. The number of fused-ring (bicyclic) bond motifs is 4. The molecule has 4 nitrogen and oxygen atoms in total. The molecular weight excluding hydrogens is 424 g/mol. The predicted octanol–water partition coefficient (Wildman–Crippen LogP) is 6.72. The molecule has 0 radical (unpaired) electrons. The first-order valence-corrected chi connectivity index (χ1v) is 13.5. The van der Waals surface area contributed by atoms with Crippen LogP contribution >= 0.6 is 0 Å². The minimum absolute atomic E-state index is 0.130. The lowest BCUT2D eigenvalue weighted by atomic mass is 9.43. The van der Waals surface area contributed by atoms with Gasteiger partial charge in [-0.1, -0.05) is 58.8 Å². The van der Waals surface area contributed by atoms with Crippen LogP contribution < -0.4 is 0 Å². The zero-order chi connectivity index (χ0) is 25.3. The van der Waals surface area contributed by atoms with Gasteiger partial charge in [-0.05, 0) is 92.3 Å². The van der Waals surface area contributed by atoms with E-state index < -0.39 is 12.1 Å². The fraction of sp³-hybridized carbons (Fsp3) is 0.800. The molecule has 4 heteroatoms. The van der Waals surface area contributed by atoms with Crippen LogP contribution in [0.3, 0.4) is 0 Å². The Morgan fingerprint density at radius 3 is 2.35 bits per heavy atom. The lowest BCUT2D eigenvalue weighted by Gasteiger charge is -2.61. The van der Waals surface area contributed by atoms with Gasteiger partial charge in [-0.2, -0.15) is 0 Å². The fourth-order valence-electron chi connectivity index (χ4n) is 9.24. The first kappa shape index (κ1) is 25.7. The van der Waals surface area contributed by atoms with Crippen molar-refractivity contribution in [2.75, 3.05) is 0 Å². The number of aliphatic carboxylic acids is 1. The van der Waals surface area contributed by atoms with E-state index in [0.29, 0.717) is 36.0 Å². The number of hydrogen-bond donors (Lipinski definition) is 2. The van der Waals surface area contributed by atoms with E-state index >= 15 is 0 Å². The summed E-state index contributed by atoms with van der Waals surface area (Å²) >= 11 is 0. The molecular formula is C30H46O4. The number of aliphatic hydroxyl groups is 1. The molecule has 190 valence electrons. The highest BCUT2D eigenvalue weighted by Gasteiger charge is 2.63. The average molecular weight is 471 g/mol. The standard InChI is InChI=1S/C30H46O4/c1-18(26(33)34)8-10-23(31)19(2)20-12-16-30(7)22-9-11-24-27(3,4)25(32)14-15-28(24,5)21(22)13-17-29(20,30)6/h8,19-20,23-24,31H,9-17H2,1-7H3,(H,33,34)/t19-,20+,23+,24+,28+,29+,30-/m0/s1. The van der Waals surface area contributed by atoms with Crippen LogP contribution in [-0.4, -0.2) is 28.1 Å². The normalized spacial score (nSPS) is 41.4. The molecule has 4 rings (SSSR count). The zero-order valence-corrected chi connectivity index (χ0v) is 22.5. The number of carboxylic acid groups (broad SMARTS) is 1. The Kier molecular flexibility index (Phi) is 6.28. The van der Waals surface area contributed by atoms with E-state index in [1.807, 2.05) is 0 Å². The number of ketones is 1. The topological polar surface area (TPSA) is 74.6 Å². The first-order valence-electron chi connectivity index (χ1n) is 13.5. The van der Waals surface area contributed by atoms with E-state index in [9.17, 15) is 14.7 Å². The van der Waals surface area contributed by atoms with Gasteiger partial charge in [0.1, 0.15) is 5.78 Å². The van der Waals surface area contributed by atoms with Crippen molar-refractivity contribution in [1.82, 2.24) is 0 Å². The van der Waals surface area contributed by atoms with Gasteiger partial charge in [0.15, 0.2) is 0 Å². The monoisotopic (exact) mass is 470 g/mol. The molecule has 2 saturated carbocycles. The van der Waals surface area contributed by atoms with E-state index in [1.165, 1.54) is 0 Å². The molecule has 7 atom stereocenters. The Morgan fingerprint density at radius 1 is 1.03 bits per heavy atom. The smallest absolute Gasteiger partial charge is 0.330 e. The third-order valence-electron chi connectivity index (χ3n) is 11.8. The Bertz CT molecular complexity index is 941. The molecule has 0 spiro atoms. The molecule has 0 saturated heterocycles. The number of allylic oxidation sites excluding steroid dienone is 2. The number of hydrogen-bond acceptors (Lipinski definition) is 3. The third-order valence-corrected chi connectivity index (χ3v) is 11.8. The molecule has 34 heavy (non-hydrogen) atoms. The summed E-state index contributed by atoms with van der Waals surface area (Å²) in [6, 6.07) is 0. The van der Waals surface area contributed by atoms with Gasteiger partial charge in [-0.15, -0.1) is 0 Å². The first-order chi connectivity index (χ1) is 15.7. The van der Waals surface area contributed by atoms with Gasteiger partial charge in [-0.25, -0.2) is 4.79 Å². The van der Waals surface area contributed by atoms with Crippen LogP contribution in [0.1, 0.15) is 106 Å². The summed E-state index contributed by atoms with van der Waals surface area (Å²) in [5.74, 6) is 0.528. The van der Waals surface area contributed by atoms with Gasteiger partial charge in [0.05, 0.1) is 6.10 Å². The van der Waals surface area contributed by atoms with Crippen molar-refractivity contribution in [1.29, 1.82) is 0 Å². The van der Waals surface area contributed by atoms with Crippen LogP contribution in [0.15, 0.2) is 22.8 Å². The maximum absolute atomic E-state index is 12.8.